The monoisotopic (exact) mass is 202 g/mol. The van der Waals surface area contributed by atoms with Crippen molar-refractivity contribution in [3.8, 4) is 0 Å². The molecule has 0 amide bonds. The number of hydrogen-bond acceptors (Lipinski definition) is 3. The standard InChI is InChI=1S/C11H22O3/c1-2-13-8-5-11(12)9-10-3-6-14-7-4-10/h10-12H,2-9H2,1H3. The van der Waals surface area contributed by atoms with E-state index in [1.165, 1.54) is 0 Å². The van der Waals surface area contributed by atoms with Gasteiger partial charge in [0.15, 0.2) is 0 Å². The van der Waals surface area contributed by atoms with Crippen LogP contribution in [0.5, 0.6) is 0 Å². The van der Waals surface area contributed by atoms with Crippen molar-refractivity contribution in [2.75, 3.05) is 26.4 Å². The van der Waals surface area contributed by atoms with Crippen molar-refractivity contribution in [2.24, 2.45) is 5.92 Å². The molecule has 1 N–H and O–H groups in total. The van der Waals surface area contributed by atoms with Gasteiger partial charge in [0.05, 0.1) is 6.10 Å². The minimum atomic E-state index is -0.190. The summed E-state index contributed by atoms with van der Waals surface area (Å²) < 4.78 is 10.5. The topological polar surface area (TPSA) is 38.7 Å². The van der Waals surface area contributed by atoms with E-state index in [0.29, 0.717) is 12.5 Å². The van der Waals surface area contributed by atoms with Crippen molar-refractivity contribution in [2.45, 2.75) is 38.7 Å². The molecule has 0 aromatic carbocycles. The Labute approximate surface area is 86.4 Å². The second-order valence-corrected chi connectivity index (χ2v) is 3.93. The maximum absolute atomic E-state index is 9.71. The van der Waals surface area contributed by atoms with Gasteiger partial charge >= 0.3 is 0 Å². The van der Waals surface area contributed by atoms with Crippen molar-refractivity contribution >= 4 is 0 Å². The third-order valence-corrected chi connectivity index (χ3v) is 2.75. The fraction of sp³-hybridized carbons (Fsp3) is 1.00. The van der Waals surface area contributed by atoms with Gasteiger partial charge in [-0.25, -0.2) is 0 Å². The van der Waals surface area contributed by atoms with Crippen LogP contribution in [0.3, 0.4) is 0 Å². The summed E-state index contributed by atoms with van der Waals surface area (Å²) in [7, 11) is 0. The predicted molar refractivity (Wildman–Crippen MR) is 55.3 cm³/mol. The highest BCUT2D eigenvalue weighted by atomic mass is 16.5. The maximum atomic E-state index is 9.71. The first kappa shape index (κ1) is 12.0. The lowest BCUT2D eigenvalue weighted by Crippen LogP contribution is -2.21. The van der Waals surface area contributed by atoms with Gasteiger partial charge in [0.2, 0.25) is 0 Å². The van der Waals surface area contributed by atoms with Gasteiger partial charge in [0, 0.05) is 26.4 Å². The van der Waals surface area contributed by atoms with E-state index < -0.39 is 0 Å². The first-order valence-electron chi connectivity index (χ1n) is 5.66. The third-order valence-electron chi connectivity index (χ3n) is 2.75. The van der Waals surface area contributed by atoms with Gasteiger partial charge in [-0.2, -0.15) is 0 Å². The lowest BCUT2D eigenvalue weighted by Gasteiger charge is -2.24. The Morgan fingerprint density at radius 1 is 1.43 bits per heavy atom. The Morgan fingerprint density at radius 3 is 2.79 bits per heavy atom. The molecule has 0 aromatic rings. The minimum Gasteiger partial charge on any atom is -0.393 e. The summed E-state index contributed by atoms with van der Waals surface area (Å²) in [6.07, 6.45) is 3.70. The molecule has 0 saturated carbocycles. The summed E-state index contributed by atoms with van der Waals surface area (Å²) in [5, 5.41) is 9.71. The van der Waals surface area contributed by atoms with Crippen LogP contribution in [0, 0.1) is 5.92 Å². The summed E-state index contributed by atoms with van der Waals surface area (Å²) in [6, 6.07) is 0. The summed E-state index contributed by atoms with van der Waals surface area (Å²) in [4.78, 5) is 0. The zero-order chi connectivity index (χ0) is 10.2. The molecular formula is C11H22O3. The molecule has 0 bridgehead atoms. The molecule has 14 heavy (non-hydrogen) atoms. The highest BCUT2D eigenvalue weighted by Crippen LogP contribution is 2.20. The molecule has 0 aliphatic carbocycles. The van der Waals surface area contributed by atoms with Crippen LogP contribution in [-0.2, 0) is 9.47 Å². The molecule has 1 atom stereocenters. The van der Waals surface area contributed by atoms with Gasteiger partial charge in [0.1, 0.15) is 0 Å². The number of aliphatic hydroxyl groups is 1. The van der Waals surface area contributed by atoms with Gasteiger partial charge in [-0.3, -0.25) is 0 Å². The molecule has 1 fully saturated rings. The normalized spacial score (nSPS) is 21.0. The van der Waals surface area contributed by atoms with E-state index >= 15 is 0 Å². The molecule has 1 unspecified atom stereocenters. The van der Waals surface area contributed by atoms with E-state index in [1.807, 2.05) is 6.92 Å². The molecule has 1 saturated heterocycles. The lowest BCUT2D eigenvalue weighted by molar-refractivity contribution is 0.0322. The Balaban J connectivity index is 2.03. The SMILES string of the molecule is CCOCCC(O)CC1CCOCC1. The van der Waals surface area contributed by atoms with Crippen molar-refractivity contribution < 1.29 is 14.6 Å². The molecule has 1 heterocycles. The summed E-state index contributed by atoms with van der Waals surface area (Å²) in [6.45, 7) is 5.13. The van der Waals surface area contributed by atoms with Crippen molar-refractivity contribution in [1.82, 2.24) is 0 Å². The van der Waals surface area contributed by atoms with Gasteiger partial charge < -0.3 is 14.6 Å². The molecule has 3 heteroatoms. The Hall–Kier alpha value is -0.120. The molecule has 1 aliphatic rings. The van der Waals surface area contributed by atoms with E-state index in [9.17, 15) is 5.11 Å². The van der Waals surface area contributed by atoms with Gasteiger partial charge in [-0.15, -0.1) is 0 Å². The minimum absolute atomic E-state index is 0.190. The molecule has 1 rings (SSSR count). The van der Waals surface area contributed by atoms with Crippen molar-refractivity contribution in [3.63, 3.8) is 0 Å². The maximum Gasteiger partial charge on any atom is 0.0564 e. The fourth-order valence-corrected chi connectivity index (χ4v) is 1.85. The van der Waals surface area contributed by atoms with Crippen LogP contribution < -0.4 is 0 Å². The van der Waals surface area contributed by atoms with Crippen LogP contribution >= 0.6 is 0 Å². The molecule has 0 spiro atoms. The van der Waals surface area contributed by atoms with Crippen LogP contribution in [0.15, 0.2) is 0 Å². The van der Waals surface area contributed by atoms with Crippen LogP contribution in [-0.4, -0.2) is 37.6 Å². The van der Waals surface area contributed by atoms with Crippen LogP contribution in [0.1, 0.15) is 32.6 Å². The molecule has 0 aromatic heterocycles. The summed E-state index contributed by atoms with van der Waals surface area (Å²) in [5.41, 5.74) is 0. The van der Waals surface area contributed by atoms with Crippen LogP contribution in [0.4, 0.5) is 0 Å². The van der Waals surface area contributed by atoms with Crippen molar-refractivity contribution in [1.29, 1.82) is 0 Å². The lowest BCUT2D eigenvalue weighted by atomic mass is 9.93. The van der Waals surface area contributed by atoms with Gasteiger partial charge in [-0.05, 0) is 38.5 Å². The van der Waals surface area contributed by atoms with E-state index in [2.05, 4.69) is 0 Å². The average molecular weight is 202 g/mol. The quantitative estimate of drug-likeness (QED) is 0.665. The average Bonchev–Trinajstić information content (AvgIpc) is 2.20. The first-order chi connectivity index (χ1) is 6.83. The molecule has 3 nitrogen and oxygen atoms in total. The predicted octanol–water partition coefficient (Wildman–Crippen LogP) is 1.59. The molecule has 1 aliphatic heterocycles. The van der Waals surface area contributed by atoms with E-state index in [4.69, 9.17) is 9.47 Å². The Bertz CT molecular complexity index is 132. The number of rotatable bonds is 6. The molecule has 0 radical (unpaired) electrons. The zero-order valence-corrected chi connectivity index (χ0v) is 9.08. The Kier molecular flexibility index (Phi) is 6.15. The second-order valence-electron chi connectivity index (χ2n) is 3.93. The smallest absolute Gasteiger partial charge is 0.0564 e. The fourth-order valence-electron chi connectivity index (χ4n) is 1.85. The highest BCUT2D eigenvalue weighted by Gasteiger charge is 2.17. The van der Waals surface area contributed by atoms with E-state index in [1.54, 1.807) is 0 Å². The van der Waals surface area contributed by atoms with Gasteiger partial charge in [-0.1, -0.05) is 0 Å². The van der Waals surface area contributed by atoms with E-state index in [0.717, 1.165) is 45.5 Å². The largest absolute Gasteiger partial charge is 0.393 e. The van der Waals surface area contributed by atoms with Crippen LogP contribution in [0.2, 0.25) is 0 Å². The van der Waals surface area contributed by atoms with Crippen molar-refractivity contribution in [3.05, 3.63) is 0 Å². The first-order valence-corrected chi connectivity index (χ1v) is 5.66. The van der Waals surface area contributed by atoms with Gasteiger partial charge in [0.25, 0.3) is 0 Å². The third kappa shape index (κ3) is 4.94. The van der Waals surface area contributed by atoms with E-state index in [-0.39, 0.29) is 6.10 Å². The zero-order valence-electron chi connectivity index (χ0n) is 9.08. The summed E-state index contributed by atoms with van der Waals surface area (Å²) >= 11 is 0. The number of hydrogen-bond donors (Lipinski definition) is 1. The number of aliphatic hydroxyl groups excluding tert-OH is 1. The second kappa shape index (κ2) is 7.21. The Morgan fingerprint density at radius 2 is 2.14 bits per heavy atom. The number of ether oxygens (including phenoxy) is 2. The highest BCUT2D eigenvalue weighted by molar-refractivity contribution is 4.68. The molecule has 84 valence electrons. The molecular weight excluding hydrogens is 180 g/mol. The van der Waals surface area contributed by atoms with Crippen LogP contribution in [0.25, 0.3) is 0 Å². The summed E-state index contributed by atoms with van der Waals surface area (Å²) in [5.74, 6) is 0.653.